The number of hydrogen-bond acceptors (Lipinski definition) is 6. The Balaban J connectivity index is 0.000000311. The van der Waals surface area contributed by atoms with Crippen LogP contribution < -0.4 is 5.14 Å². The van der Waals surface area contributed by atoms with Crippen LogP contribution in [0.3, 0.4) is 0 Å². The smallest absolute Gasteiger partial charge is 0.270 e. The maximum absolute atomic E-state index is 11.4. The summed E-state index contributed by atoms with van der Waals surface area (Å²) in [6, 6.07) is 19.6. The summed E-state index contributed by atoms with van der Waals surface area (Å²) < 4.78 is 53.3. The Kier molecular flexibility index (Phi) is 10.0. The van der Waals surface area contributed by atoms with Crippen molar-refractivity contribution in [2.45, 2.75) is 51.9 Å². The lowest BCUT2D eigenvalue weighted by Gasteiger charge is -2.33. The summed E-state index contributed by atoms with van der Waals surface area (Å²) in [6.07, 6.45) is 1.34. The van der Waals surface area contributed by atoms with Gasteiger partial charge in [0.05, 0.1) is 19.0 Å². The van der Waals surface area contributed by atoms with Crippen LogP contribution in [-0.2, 0) is 39.6 Å². The summed E-state index contributed by atoms with van der Waals surface area (Å²) in [4.78, 5) is 0. The lowest BCUT2D eigenvalue weighted by molar-refractivity contribution is 0.243. The first-order chi connectivity index (χ1) is 14.3. The highest BCUT2D eigenvalue weighted by atomic mass is 32.2. The van der Waals surface area contributed by atoms with Crippen LogP contribution in [0.1, 0.15) is 52.2 Å². The molecule has 180 valence electrons. The zero-order valence-corrected chi connectivity index (χ0v) is 19.8. The van der Waals surface area contributed by atoms with Gasteiger partial charge in [-0.15, -0.1) is 0 Å². The third-order valence-corrected chi connectivity index (χ3v) is 7.42. The van der Waals surface area contributed by atoms with Gasteiger partial charge in [-0.05, 0) is 29.4 Å². The second kappa shape index (κ2) is 11.4. The molecule has 1 atom stereocenters. The molecule has 0 radical (unpaired) electrons. The van der Waals surface area contributed by atoms with Gasteiger partial charge in [-0.3, -0.25) is 8.37 Å². The van der Waals surface area contributed by atoms with E-state index in [1.807, 2.05) is 81.4 Å². The van der Waals surface area contributed by atoms with Gasteiger partial charge in [-0.25, -0.2) is 5.14 Å². The molecule has 0 saturated carbocycles. The minimum absolute atomic E-state index is 0. The van der Waals surface area contributed by atoms with E-state index in [1.165, 1.54) is 0 Å². The lowest BCUT2D eigenvalue weighted by Crippen LogP contribution is -2.38. The predicted molar refractivity (Wildman–Crippen MR) is 128 cm³/mol. The normalized spacial score (nSPS) is 20.4. The van der Waals surface area contributed by atoms with Crippen molar-refractivity contribution in [1.82, 2.24) is 0 Å². The van der Waals surface area contributed by atoms with Crippen molar-refractivity contribution in [2.24, 2.45) is 5.14 Å². The van der Waals surface area contributed by atoms with Crippen molar-refractivity contribution < 1.29 is 25.2 Å². The first-order valence-electron chi connectivity index (χ1n) is 9.98. The van der Waals surface area contributed by atoms with Gasteiger partial charge in [0.15, 0.2) is 0 Å². The fourth-order valence-corrected chi connectivity index (χ4v) is 5.24. The summed E-state index contributed by atoms with van der Waals surface area (Å²) in [6.45, 7) is 6.43. The fraction of sp³-hybridized carbons (Fsp3) is 0.478. The Morgan fingerprint density at radius 2 is 1.59 bits per heavy atom. The lowest BCUT2D eigenvalue weighted by atomic mass is 9.81. The molecule has 9 heteroatoms. The highest BCUT2D eigenvalue weighted by Crippen LogP contribution is 2.33. The van der Waals surface area contributed by atoms with E-state index in [0.717, 1.165) is 17.5 Å². The molecular formula is C23H35NO6S2. The van der Waals surface area contributed by atoms with Crippen molar-refractivity contribution in [3.8, 4) is 0 Å². The SMILES string of the molecule is C.CC(C)(CCOS(N)(=O)=O)c1ccccc1.CC1(c2ccccc2)CCOS(=O)(=O)C1. The fourth-order valence-electron chi connectivity index (χ4n) is 3.41. The van der Waals surface area contributed by atoms with E-state index in [2.05, 4.69) is 4.18 Å². The van der Waals surface area contributed by atoms with Crippen LogP contribution in [-0.4, -0.2) is 35.8 Å². The molecule has 1 saturated heterocycles. The minimum atomic E-state index is -3.83. The van der Waals surface area contributed by atoms with Crippen molar-refractivity contribution in [3.63, 3.8) is 0 Å². The summed E-state index contributed by atoms with van der Waals surface area (Å²) in [5.74, 6) is 0.0734. The number of hydrogen-bond donors (Lipinski definition) is 1. The second-order valence-corrected chi connectivity index (χ2v) is 11.4. The van der Waals surface area contributed by atoms with E-state index in [1.54, 1.807) is 0 Å². The van der Waals surface area contributed by atoms with Gasteiger partial charge in [-0.2, -0.15) is 16.8 Å². The molecule has 2 aromatic rings. The third-order valence-electron chi connectivity index (χ3n) is 5.41. The summed E-state index contributed by atoms with van der Waals surface area (Å²) in [5.41, 5.74) is 1.77. The third kappa shape index (κ3) is 8.99. The van der Waals surface area contributed by atoms with E-state index in [0.29, 0.717) is 6.42 Å². The van der Waals surface area contributed by atoms with Crippen LogP contribution in [0.25, 0.3) is 0 Å². The molecule has 0 spiro atoms. The van der Waals surface area contributed by atoms with Crippen LogP contribution >= 0.6 is 0 Å². The van der Waals surface area contributed by atoms with Gasteiger partial charge in [0.2, 0.25) is 0 Å². The Morgan fingerprint density at radius 3 is 2.09 bits per heavy atom. The Bertz CT molecular complexity index is 1040. The highest BCUT2D eigenvalue weighted by molar-refractivity contribution is 7.86. The molecule has 1 fully saturated rings. The predicted octanol–water partition coefficient (Wildman–Crippen LogP) is 3.90. The zero-order valence-electron chi connectivity index (χ0n) is 18.2. The minimum Gasteiger partial charge on any atom is -0.270 e. The second-order valence-electron chi connectivity index (χ2n) is 8.52. The quantitative estimate of drug-likeness (QED) is 0.621. The zero-order chi connectivity index (χ0) is 23.2. The summed E-state index contributed by atoms with van der Waals surface area (Å²) in [5, 5.41) is 4.75. The van der Waals surface area contributed by atoms with Gasteiger partial charge in [0, 0.05) is 5.41 Å². The standard InChI is InChI=1S/C11H17NO3S.C11H14O3S.CH4/c1-11(2,8-9-15-16(12,13)14)10-6-4-3-5-7-10;1-11(10-5-3-2-4-6-10)7-8-14-15(12,13)9-11;/h3-7H,8-9H2,1-2H3,(H2,12,13,14);2-6H,7-9H2,1H3;1H4. The number of benzene rings is 2. The number of nitrogens with two attached hydrogens (primary N) is 1. The van der Waals surface area contributed by atoms with Crippen LogP contribution in [0.2, 0.25) is 0 Å². The molecule has 0 bridgehead atoms. The van der Waals surface area contributed by atoms with Crippen molar-refractivity contribution in [2.75, 3.05) is 19.0 Å². The molecule has 3 rings (SSSR count). The van der Waals surface area contributed by atoms with Gasteiger partial charge in [-0.1, -0.05) is 88.9 Å². The maximum Gasteiger partial charge on any atom is 0.333 e. The van der Waals surface area contributed by atoms with Crippen LogP contribution in [0, 0.1) is 0 Å². The van der Waals surface area contributed by atoms with Crippen molar-refractivity contribution in [1.29, 1.82) is 0 Å². The van der Waals surface area contributed by atoms with E-state index >= 15 is 0 Å². The van der Waals surface area contributed by atoms with Crippen molar-refractivity contribution >= 4 is 20.4 Å². The molecule has 1 unspecified atom stereocenters. The van der Waals surface area contributed by atoms with Crippen LogP contribution in [0.5, 0.6) is 0 Å². The van der Waals surface area contributed by atoms with Crippen molar-refractivity contribution in [3.05, 3.63) is 71.8 Å². The molecule has 1 aliphatic heterocycles. The Morgan fingerprint density at radius 1 is 1.06 bits per heavy atom. The average Bonchev–Trinajstić information content (AvgIpc) is 2.68. The molecule has 1 aliphatic rings. The molecule has 1 heterocycles. The molecule has 2 aromatic carbocycles. The van der Waals surface area contributed by atoms with Gasteiger partial charge >= 0.3 is 10.3 Å². The molecule has 2 N–H and O–H groups in total. The van der Waals surface area contributed by atoms with E-state index in [-0.39, 0.29) is 37.2 Å². The van der Waals surface area contributed by atoms with Crippen LogP contribution in [0.4, 0.5) is 0 Å². The van der Waals surface area contributed by atoms with Gasteiger partial charge in [0.25, 0.3) is 10.1 Å². The first kappa shape index (κ1) is 28.3. The van der Waals surface area contributed by atoms with E-state index in [9.17, 15) is 16.8 Å². The first-order valence-corrected chi connectivity index (χ1v) is 13.0. The largest absolute Gasteiger partial charge is 0.333 e. The number of rotatable bonds is 6. The Labute approximate surface area is 193 Å². The molecule has 32 heavy (non-hydrogen) atoms. The van der Waals surface area contributed by atoms with E-state index in [4.69, 9.17) is 9.32 Å². The van der Waals surface area contributed by atoms with Gasteiger partial charge in [0.1, 0.15) is 0 Å². The molecule has 0 aromatic heterocycles. The molecule has 0 amide bonds. The van der Waals surface area contributed by atoms with Crippen LogP contribution in [0.15, 0.2) is 60.7 Å². The monoisotopic (exact) mass is 485 g/mol. The molecule has 0 aliphatic carbocycles. The summed E-state index contributed by atoms with van der Waals surface area (Å²) in [7, 11) is -7.17. The van der Waals surface area contributed by atoms with Gasteiger partial charge < -0.3 is 0 Å². The molecule has 7 nitrogen and oxygen atoms in total. The average molecular weight is 486 g/mol. The maximum atomic E-state index is 11.4. The topological polar surface area (TPSA) is 113 Å². The van der Waals surface area contributed by atoms with E-state index < -0.39 is 20.4 Å². The molecular weight excluding hydrogens is 450 g/mol. The Hall–Kier alpha value is -1.78. The highest BCUT2D eigenvalue weighted by Gasteiger charge is 2.37. The summed E-state index contributed by atoms with van der Waals surface area (Å²) >= 11 is 0.